The van der Waals surface area contributed by atoms with Crippen LogP contribution in [0.15, 0.2) is 91.0 Å². The van der Waals surface area contributed by atoms with E-state index >= 15 is 0 Å². The van der Waals surface area contributed by atoms with Crippen molar-refractivity contribution in [2.45, 2.75) is 222 Å². The molecule has 0 radical (unpaired) electrons. The molecule has 88 heavy (non-hydrogen) atoms. The second-order valence-corrected chi connectivity index (χ2v) is 28.8. The molecular weight excluding hydrogens is 1110 g/mol. The Hall–Kier alpha value is -4.83. The maximum absolute atomic E-state index is 14.5. The van der Waals surface area contributed by atoms with Crippen LogP contribution in [0.5, 0.6) is 0 Å². The Morgan fingerprint density at radius 2 is 1.12 bits per heavy atom. The lowest BCUT2D eigenvalue weighted by Gasteiger charge is -2.61. The van der Waals surface area contributed by atoms with E-state index < -0.39 is 48.9 Å². The molecule has 3 aliphatic heterocycles. The summed E-state index contributed by atoms with van der Waals surface area (Å²) in [7, 11) is 0. The number of rotatable bonds is 21. The van der Waals surface area contributed by atoms with E-state index in [0.29, 0.717) is 72.0 Å². The van der Waals surface area contributed by atoms with Crippen molar-refractivity contribution >= 4 is 29.5 Å². The Morgan fingerprint density at radius 3 is 1.75 bits per heavy atom. The molecule has 4 aliphatic carbocycles. The number of esters is 3. The molecule has 7 fully saturated rings. The molecule has 14 heteroatoms. The number of benzene rings is 3. The first-order chi connectivity index (χ1) is 42.1. The van der Waals surface area contributed by atoms with Gasteiger partial charge in [-0.05, 0) is 165 Å². The smallest absolute Gasteiger partial charge is 0.338 e. The van der Waals surface area contributed by atoms with E-state index in [4.69, 9.17) is 42.6 Å². The highest BCUT2D eigenvalue weighted by Crippen LogP contribution is 2.68. The summed E-state index contributed by atoms with van der Waals surface area (Å²) in [6, 6.07) is 26.5. The van der Waals surface area contributed by atoms with Crippen LogP contribution in [-0.4, -0.2) is 104 Å². The lowest BCUT2D eigenvalue weighted by atomic mass is 9.44. The minimum atomic E-state index is -1.07. The molecule has 4 saturated carbocycles. The summed E-state index contributed by atoms with van der Waals surface area (Å²) in [4.78, 5) is 69.4. The largest absolute Gasteiger partial charge is 0.459 e. The van der Waals surface area contributed by atoms with Crippen LogP contribution >= 0.6 is 0 Å². The molecule has 0 aromatic heterocycles. The van der Waals surface area contributed by atoms with Crippen LogP contribution in [0.2, 0.25) is 0 Å². The molecule has 25 atom stereocenters. The molecule has 10 rings (SSSR count). The third-order valence-corrected chi connectivity index (χ3v) is 23.8. The molecule has 482 valence electrons. The van der Waals surface area contributed by atoms with Crippen LogP contribution in [-0.2, 0) is 52.2 Å². The number of carbonyl (C=O) groups is 5. The topological polar surface area (TPSA) is 168 Å². The molecule has 7 aliphatic rings. The van der Waals surface area contributed by atoms with Gasteiger partial charge in [0.1, 0.15) is 30.4 Å². The fraction of sp³-hybridized carbons (Fsp3) is 0.689. The van der Waals surface area contributed by atoms with Crippen molar-refractivity contribution in [1.82, 2.24) is 0 Å². The third-order valence-electron chi connectivity index (χ3n) is 23.8. The monoisotopic (exact) mass is 1210 g/mol. The van der Waals surface area contributed by atoms with E-state index in [1.54, 1.807) is 60.7 Å². The first kappa shape index (κ1) is 66.1. The average molecular weight is 1220 g/mol. The van der Waals surface area contributed by atoms with Gasteiger partial charge in [0.25, 0.3) is 0 Å². The van der Waals surface area contributed by atoms with Gasteiger partial charge in [0.15, 0.2) is 25.0 Å². The Kier molecular flexibility index (Phi) is 21.3. The predicted molar refractivity (Wildman–Crippen MR) is 333 cm³/mol. The number of ether oxygens (including phenoxy) is 9. The minimum Gasteiger partial charge on any atom is -0.459 e. The van der Waals surface area contributed by atoms with E-state index in [2.05, 4.69) is 55.4 Å². The predicted octanol–water partition coefficient (Wildman–Crippen LogP) is 14.4. The molecule has 3 saturated heterocycles. The second-order valence-electron chi connectivity index (χ2n) is 28.8. The molecule has 14 unspecified atom stereocenters. The quantitative estimate of drug-likeness (QED) is 0.0561. The third kappa shape index (κ3) is 13.7. The number of ketones is 2. The van der Waals surface area contributed by atoms with Crippen molar-refractivity contribution in [1.29, 1.82) is 0 Å². The van der Waals surface area contributed by atoms with E-state index in [1.165, 1.54) is 0 Å². The van der Waals surface area contributed by atoms with Crippen LogP contribution in [0, 0.1) is 87.8 Å². The SMILES string of the molecule is CCC1O[C@@H](OC2[C@H](OC3CCC4(C)C(CCC5C4CCC4(C)C5CC(=O)C4[C@H](C)C(=O)CC[C@H](C)CO[C@@H]4OC(CC)[C@H](C)[C@H](OC(=O)c5ccccc5)C4OC(=O)c4ccccc4)C3)OC(COC(=O)c3ccccc3)[C@H](C)[C@@H]2C)C(C)[C@@H](C)[C@H]1C. The van der Waals surface area contributed by atoms with Gasteiger partial charge in [-0.25, -0.2) is 14.4 Å². The van der Waals surface area contributed by atoms with Crippen molar-refractivity contribution in [3.8, 4) is 0 Å². The summed E-state index contributed by atoms with van der Waals surface area (Å²) >= 11 is 0. The van der Waals surface area contributed by atoms with Crippen molar-refractivity contribution in [2.75, 3.05) is 13.2 Å². The van der Waals surface area contributed by atoms with Crippen molar-refractivity contribution < 1.29 is 66.6 Å². The Bertz CT molecular complexity index is 2830. The summed E-state index contributed by atoms with van der Waals surface area (Å²) < 4.78 is 59.4. The number of hydrogen-bond acceptors (Lipinski definition) is 14. The van der Waals surface area contributed by atoms with Crippen LogP contribution in [0.25, 0.3) is 0 Å². The molecule has 3 aromatic rings. The van der Waals surface area contributed by atoms with Gasteiger partial charge in [0, 0.05) is 36.5 Å². The minimum absolute atomic E-state index is 0.0126. The van der Waals surface area contributed by atoms with Crippen molar-refractivity contribution in [3.63, 3.8) is 0 Å². The fourth-order valence-electron chi connectivity index (χ4n) is 17.7. The maximum atomic E-state index is 14.5. The zero-order valence-corrected chi connectivity index (χ0v) is 54.6. The van der Waals surface area contributed by atoms with Gasteiger partial charge < -0.3 is 42.6 Å². The summed E-state index contributed by atoms with van der Waals surface area (Å²) in [5.41, 5.74) is 1.07. The zero-order chi connectivity index (χ0) is 62.8. The highest BCUT2D eigenvalue weighted by Gasteiger charge is 2.64. The molecule has 14 nitrogen and oxygen atoms in total. The van der Waals surface area contributed by atoms with Crippen molar-refractivity contribution in [2.24, 2.45) is 87.8 Å². The lowest BCUT2D eigenvalue weighted by Crippen LogP contribution is -2.58. The van der Waals surface area contributed by atoms with Gasteiger partial charge in [0.2, 0.25) is 0 Å². The van der Waals surface area contributed by atoms with Crippen LogP contribution in [0.3, 0.4) is 0 Å². The Balaban J connectivity index is 0.761. The van der Waals surface area contributed by atoms with Gasteiger partial charge in [-0.3, -0.25) is 9.59 Å². The Labute approximate surface area is 524 Å². The second kappa shape index (κ2) is 28.4. The Morgan fingerprint density at radius 1 is 0.568 bits per heavy atom. The summed E-state index contributed by atoms with van der Waals surface area (Å²) in [6.45, 7) is 26.5. The number of Topliss-reactive ketones (excluding diaryl/α,β-unsaturated/α-hetero) is 2. The normalized spacial score (nSPS) is 39.6. The van der Waals surface area contributed by atoms with Crippen LogP contribution in [0.4, 0.5) is 0 Å². The van der Waals surface area contributed by atoms with Gasteiger partial charge in [-0.15, -0.1) is 0 Å². The molecule has 0 N–H and O–H groups in total. The van der Waals surface area contributed by atoms with Gasteiger partial charge in [-0.2, -0.15) is 0 Å². The number of carbonyl (C=O) groups excluding carboxylic acids is 5. The maximum Gasteiger partial charge on any atom is 0.338 e. The molecule has 3 aromatic carbocycles. The van der Waals surface area contributed by atoms with Gasteiger partial charge in [0.05, 0.1) is 47.7 Å². The van der Waals surface area contributed by atoms with E-state index in [9.17, 15) is 24.0 Å². The lowest BCUT2D eigenvalue weighted by molar-refractivity contribution is -0.347. The van der Waals surface area contributed by atoms with E-state index in [-0.39, 0.29) is 114 Å². The van der Waals surface area contributed by atoms with Crippen LogP contribution in [0.1, 0.15) is 191 Å². The van der Waals surface area contributed by atoms with Crippen LogP contribution < -0.4 is 0 Å². The summed E-state index contributed by atoms with van der Waals surface area (Å²) in [5, 5.41) is 0. The standard InChI is InChI=1S/C74H102O14/c1-13-60-44(5)43(4)47(8)70(83-60)88-65-46(7)45(6)62(41-80-67(77)50-24-18-15-19-25-50)85-72(65)82-54-34-36-73(11)53(38-54)31-32-55-56(73)35-37-74(12)57(55)39-59(76)63(74)48(9)58(75)33-30-42(3)40-81-71-66(87-69(79)52-28-22-17-23-29-52)64(49(10)61(14-2)84-71)86-68(78)51-26-20-16-21-27-51/h15-29,42-49,53-57,60-66,70-72H,13-14,30-41H2,1-12H3/t42-,43-,44+,45+,46-,47?,48+,49-,53?,54?,55?,56?,57?,60?,61?,62?,63?,64-,65?,66?,70-,71+,72+,73?,74?/m0/s1. The molecule has 0 amide bonds. The molecule has 0 bridgehead atoms. The highest BCUT2D eigenvalue weighted by molar-refractivity contribution is 5.92. The highest BCUT2D eigenvalue weighted by atomic mass is 16.7. The first-order valence-electron chi connectivity index (χ1n) is 33.8. The zero-order valence-electron chi connectivity index (χ0n) is 54.6. The van der Waals surface area contributed by atoms with E-state index in [1.807, 2.05) is 58.0 Å². The molecule has 0 spiro atoms. The summed E-state index contributed by atoms with van der Waals surface area (Å²) in [5.74, 6) is 0.336. The fourth-order valence-corrected chi connectivity index (χ4v) is 17.7. The molecular formula is C74H102O14. The van der Waals surface area contributed by atoms with Crippen molar-refractivity contribution in [3.05, 3.63) is 108 Å². The molecule has 3 heterocycles. The average Bonchev–Trinajstić information content (AvgIpc) is 1.44. The number of fused-ring (bicyclic) bond motifs is 5. The summed E-state index contributed by atoms with van der Waals surface area (Å²) in [6.07, 6.45) is 4.74. The van der Waals surface area contributed by atoms with Gasteiger partial charge in [-0.1, -0.05) is 138 Å². The first-order valence-corrected chi connectivity index (χ1v) is 33.8. The van der Waals surface area contributed by atoms with E-state index in [0.717, 1.165) is 51.4 Å². The van der Waals surface area contributed by atoms with Gasteiger partial charge >= 0.3 is 17.9 Å². The number of hydrogen-bond donors (Lipinski definition) is 0.